The number of fused-ring (bicyclic) bond motifs is 1. The van der Waals surface area contributed by atoms with Gasteiger partial charge in [-0.3, -0.25) is 0 Å². The van der Waals surface area contributed by atoms with Crippen LogP contribution in [0.15, 0.2) is 48.8 Å². The summed E-state index contributed by atoms with van der Waals surface area (Å²) in [5, 5.41) is 0. The van der Waals surface area contributed by atoms with E-state index in [1.807, 2.05) is 60.1 Å². The third-order valence-corrected chi connectivity index (χ3v) is 2.95. The second-order valence-corrected chi connectivity index (χ2v) is 4.53. The van der Waals surface area contributed by atoms with Crippen molar-refractivity contribution in [3.63, 3.8) is 0 Å². The molecule has 3 rings (SSSR count). The molecule has 4 heteroatoms. The Bertz CT molecular complexity index is 685. The van der Waals surface area contributed by atoms with Gasteiger partial charge in [0.15, 0.2) is 0 Å². The first-order valence-corrected chi connectivity index (χ1v) is 6.14. The summed E-state index contributed by atoms with van der Waals surface area (Å²) in [7, 11) is 0. The molecule has 1 aromatic carbocycles. The number of imidazole rings is 1. The topological polar surface area (TPSA) is 52.5 Å². The van der Waals surface area contributed by atoms with Gasteiger partial charge in [0.05, 0.1) is 11.4 Å². The second-order valence-electron chi connectivity index (χ2n) is 4.53. The minimum absolute atomic E-state index is 0.412. The second kappa shape index (κ2) is 4.65. The van der Waals surface area contributed by atoms with Crippen LogP contribution in [0.4, 0.5) is 5.69 Å². The van der Waals surface area contributed by atoms with Crippen molar-refractivity contribution in [2.75, 3.05) is 5.73 Å². The van der Waals surface area contributed by atoms with E-state index < -0.39 is 0 Å². The first-order chi connectivity index (χ1) is 9.22. The number of nitrogens with two attached hydrogens (primary N) is 1. The molecule has 96 valence electrons. The third-order valence-electron chi connectivity index (χ3n) is 2.95. The maximum absolute atomic E-state index is 5.91. The van der Waals surface area contributed by atoms with Crippen molar-refractivity contribution < 1.29 is 4.74 Å². The fraction of sp³-hybridized carbons (Fsp3) is 0.133. The summed E-state index contributed by atoms with van der Waals surface area (Å²) >= 11 is 0. The highest BCUT2D eigenvalue weighted by molar-refractivity contribution is 5.54. The van der Waals surface area contributed by atoms with Crippen molar-refractivity contribution in [1.82, 2.24) is 9.38 Å². The molecule has 0 bridgehead atoms. The van der Waals surface area contributed by atoms with Gasteiger partial charge in [0.25, 0.3) is 0 Å². The molecule has 4 nitrogen and oxygen atoms in total. The Morgan fingerprint density at radius 1 is 1.26 bits per heavy atom. The number of hydrogen-bond donors (Lipinski definition) is 1. The van der Waals surface area contributed by atoms with E-state index in [4.69, 9.17) is 10.5 Å². The van der Waals surface area contributed by atoms with Crippen LogP contribution in [0, 0.1) is 6.92 Å². The molecule has 0 radical (unpaired) electrons. The van der Waals surface area contributed by atoms with Crippen molar-refractivity contribution in [2.24, 2.45) is 0 Å². The lowest BCUT2D eigenvalue weighted by Crippen LogP contribution is -1.99. The van der Waals surface area contributed by atoms with Gasteiger partial charge in [-0.05, 0) is 36.8 Å². The van der Waals surface area contributed by atoms with E-state index in [1.165, 1.54) is 0 Å². The lowest BCUT2D eigenvalue weighted by atomic mass is 10.2. The monoisotopic (exact) mass is 253 g/mol. The number of nitrogens with zero attached hydrogens (tertiary/aromatic N) is 2. The molecule has 0 aliphatic carbocycles. The van der Waals surface area contributed by atoms with Crippen LogP contribution >= 0.6 is 0 Å². The van der Waals surface area contributed by atoms with Gasteiger partial charge in [-0.15, -0.1) is 0 Å². The van der Waals surface area contributed by atoms with E-state index in [9.17, 15) is 0 Å². The molecule has 2 N–H and O–H groups in total. The van der Waals surface area contributed by atoms with Crippen LogP contribution in [-0.2, 0) is 6.61 Å². The Labute approximate surface area is 111 Å². The smallest absolute Gasteiger partial charge is 0.142 e. The number of hydrogen-bond acceptors (Lipinski definition) is 3. The van der Waals surface area contributed by atoms with Gasteiger partial charge in [0.2, 0.25) is 0 Å². The zero-order valence-corrected chi connectivity index (χ0v) is 10.7. The fourth-order valence-electron chi connectivity index (χ4n) is 2.01. The van der Waals surface area contributed by atoms with Gasteiger partial charge in [0.1, 0.15) is 18.0 Å². The number of anilines is 1. The Morgan fingerprint density at radius 3 is 2.95 bits per heavy atom. The number of rotatable bonds is 3. The number of aryl methyl sites for hydroxylation is 1. The Kier molecular flexibility index (Phi) is 2.83. The average molecular weight is 253 g/mol. The molecular formula is C15H15N3O. The van der Waals surface area contributed by atoms with E-state index in [0.29, 0.717) is 18.0 Å². The first-order valence-electron chi connectivity index (χ1n) is 6.14. The Morgan fingerprint density at radius 2 is 2.16 bits per heavy atom. The molecule has 0 atom stereocenters. The predicted molar refractivity (Wildman–Crippen MR) is 75.1 cm³/mol. The van der Waals surface area contributed by atoms with Crippen LogP contribution in [0.25, 0.3) is 5.65 Å². The third kappa shape index (κ3) is 2.38. The number of benzene rings is 1. The van der Waals surface area contributed by atoms with Crippen molar-refractivity contribution in [1.29, 1.82) is 0 Å². The number of aromatic nitrogens is 2. The molecule has 0 unspecified atom stereocenters. The largest absolute Gasteiger partial charge is 0.485 e. The predicted octanol–water partition coefficient (Wildman–Crippen LogP) is 2.80. The highest BCUT2D eigenvalue weighted by Crippen LogP contribution is 2.23. The standard InChI is InChI=1S/C15H15N3O/c1-11-5-6-14(13(16)8-11)19-10-12-9-18-7-3-2-4-15(18)17-12/h2-9H,10,16H2,1H3. The van der Waals surface area contributed by atoms with Gasteiger partial charge < -0.3 is 14.9 Å². The summed E-state index contributed by atoms with van der Waals surface area (Å²) in [6, 6.07) is 11.7. The molecule has 2 heterocycles. The summed E-state index contributed by atoms with van der Waals surface area (Å²) in [5.74, 6) is 0.697. The fourth-order valence-corrected chi connectivity index (χ4v) is 2.01. The van der Waals surface area contributed by atoms with Gasteiger partial charge in [0, 0.05) is 12.4 Å². The lowest BCUT2D eigenvalue weighted by molar-refractivity contribution is 0.303. The summed E-state index contributed by atoms with van der Waals surface area (Å²) < 4.78 is 7.68. The first kappa shape index (κ1) is 11.6. The van der Waals surface area contributed by atoms with Crippen LogP contribution in [-0.4, -0.2) is 9.38 Å². The molecule has 0 amide bonds. The Balaban J connectivity index is 1.78. The molecule has 0 aliphatic heterocycles. The molecule has 2 aromatic heterocycles. The summed E-state index contributed by atoms with van der Waals surface area (Å²) in [5.41, 5.74) is 9.48. The maximum Gasteiger partial charge on any atom is 0.142 e. The molecule has 0 saturated heterocycles. The van der Waals surface area contributed by atoms with E-state index in [-0.39, 0.29) is 0 Å². The Hall–Kier alpha value is -2.49. The molecule has 0 aliphatic rings. The molecule has 0 fully saturated rings. The van der Waals surface area contributed by atoms with Crippen molar-refractivity contribution in [3.05, 3.63) is 60.0 Å². The van der Waals surface area contributed by atoms with Gasteiger partial charge in [-0.25, -0.2) is 4.98 Å². The minimum atomic E-state index is 0.412. The van der Waals surface area contributed by atoms with E-state index in [2.05, 4.69) is 4.98 Å². The summed E-state index contributed by atoms with van der Waals surface area (Å²) in [4.78, 5) is 4.47. The van der Waals surface area contributed by atoms with Crippen molar-refractivity contribution >= 4 is 11.3 Å². The molecule has 19 heavy (non-hydrogen) atoms. The van der Waals surface area contributed by atoms with Crippen LogP contribution in [0.1, 0.15) is 11.3 Å². The maximum atomic E-state index is 5.91. The highest BCUT2D eigenvalue weighted by atomic mass is 16.5. The summed E-state index contributed by atoms with van der Waals surface area (Å²) in [6.45, 7) is 2.41. The minimum Gasteiger partial charge on any atom is -0.485 e. The van der Waals surface area contributed by atoms with Crippen molar-refractivity contribution in [2.45, 2.75) is 13.5 Å². The van der Waals surface area contributed by atoms with Crippen LogP contribution in [0.5, 0.6) is 5.75 Å². The quantitative estimate of drug-likeness (QED) is 0.730. The summed E-state index contributed by atoms with van der Waals surface area (Å²) in [6.07, 6.45) is 3.92. The van der Waals surface area contributed by atoms with Gasteiger partial charge in [-0.2, -0.15) is 0 Å². The zero-order chi connectivity index (χ0) is 13.2. The lowest BCUT2D eigenvalue weighted by Gasteiger charge is -2.07. The normalized spacial score (nSPS) is 10.8. The van der Waals surface area contributed by atoms with Gasteiger partial charge >= 0.3 is 0 Å². The van der Waals surface area contributed by atoms with Crippen LogP contribution < -0.4 is 10.5 Å². The van der Waals surface area contributed by atoms with E-state index >= 15 is 0 Å². The van der Waals surface area contributed by atoms with Crippen molar-refractivity contribution in [3.8, 4) is 5.75 Å². The number of pyridine rings is 1. The van der Waals surface area contributed by atoms with E-state index in [1.54, 1.807) is 0 Å². The molecule has 3 aromatic rings. The molecule has 0 spiro atoms. The highest BCUT2D eigenvalue weighted by Gasteiger charge is 2.04. The number of ether oxygens (including phenoxy) is 1. The SMILES string of the molecule is Cc1ccc(OCc2cn3ccccc3n2)c(N)c1. The molecular weight excluding hydrogens is 238 g/mol. The average Bonchev–Trinajstić information content (AvgIpc) is 2.80. The number of nitrogen functional groups attached to an aromatic ring is 1. The van der Waals surface area contributed by atoms with Crippen LogP contribution in [0.2, 0.25) is 0 Å². The van der Waals surface area contributed by atoms with E-state index in [0.717, 1.165) is 16.9 Å². The van der Waals surface area contributed by atoms with Gasteiger partial charge in [-0.1, -0.05) is 12.1 Å². The van der Waals surface area contributed by atoms with Crippen LogP contribution in [0.3, 0.4) is 0 Å². The zero-order valence-electron chi connectivity index (χ0n) is 10.7. The molecule has 0 saturated carbocycles.